The number of ether oxygens (including phenoxy) is 1. The Kier molecular flexibility index (Phi) is 16.0. The minimum absolute atomic E-state index is 0.0275. The Hall–Kier alpha value is -1.43. The second-order valence-electron chi connectivity index (χ2n) is 9.22. The number of para-hydroxylation sites is 1. The fourth-order valence-corrected chi connectivity index (χ4v) is 6.09. The van der Waals surface area contributed by atoms with Crippen molar-refractivity contribution in [3.63, 3.8) is 0 Å². The first kappa shape index (κ1) is 29.8. The summed E-state index contributed by atoms with van der Waals surface area (Å²) < 4.78 is 32.8. The van der Waals surface area contributed by atoms with Crippen LogP contribution < -0.4 is 4.52 Å². The van der Waals surface area contributed by atoms with Gasteiger partial charge in [0, 0.05) is 37.9 Å². The number of unbranched alkanes of at least 4 members (excludes halogenated alkanes) is 4. The first-order valence-electron chi connectivity index (χ1n) is 13.5. The van der Waals surface area contributed by atoms with E-state index in [2.05, 4.69) is 19.0 Å². The largest absolute Gasteiger partial charge is 0.441 e. The van der Waals surface area contributed by atoms with Gasteiger partial charge in [-0.15, -0.1) is 0 Å². The van der Waals surface area contributed by atoms with Crippen LogP contribution in [0.25, 0.3) is 0 Å². The van der Waals surface area contributed by atoms with E-state index in [-0.39, 0.29) is 49.5 Å². The van der Waals surface area contributed by atoms with Gasteiger partial charge in [0.15, 0.2) is 0 Å². The Balaban J connectivity index is 3.05. The van der Waals surface area contributed by atoms with Crippen molar-refractivity contribution < 1.29 is 28.5 Å². The molecule has 0 aliphatic rings. The van der Waals surface area contributed by atoms with Crippen LogP contribution in [0.4, 0.5) is 0 Å². The highest BCUT2D eigenvalue weighted by atomic mass is 31.2. The minimum atomic E-state index is -3.50. The van der Waals surface area contributed by atoms with Gasteiger partial charge in [-0.25, -0.2) is 0 Å². The van der Waals surface area contributed by atoms with Crippen LogP contribution in [0.5, 0.6) is 5.75 Å². The molecule has 1 N–H and O–H groups in total. The van der Waals surface area contributed by atoms with Crippen LogP contribution in [-0.2, 0) is 18.9 Å². The molecule has 0 amide bonds. The summed E-state index contributed by atoms with van der Waals surface area (Å²) in [6, 6.07) is 8.84. The quantitative estimate of drug-likeness (QED) is 0.105. The van der Waals surface area contributed by atoms with Crippen LogP contribution in [-0.4, -0.2) is 51.2 Å². The molecule has 2 radical (unpaired) electrons. The zero-order chi connectivity index (χ0) is 26.7. The number of hydrogen-bond donors (Lipinski definition) is 1. The lowest BCUT2D eigenvalue weighted by Gasteiger charge is -2.26. The second kappa shape index (κ2) is 18.8. The maximum atomic E-state index is 14.1. The molecule has 0 saturated heterocycles. The molecule has 1 aromatic rings. The maximum Gasteiger partial charge on any atom is 0.273 e. The predicted octanol–water partition coefficient (Wildman–Crippen LogP) is 6.35. The third-order valence-electron chi connectivity index (χ3n) is 5.97. The molecular formula is C27H44BO6P. The summed E-state index contributed by atoms with van der Waals surface area (Å²) in [6.45, 7) is 4.41. The van der Waals surface area contributed by atoms with Gasteiger partial charge in [-0.2, -0.15) is 0 Å². The van der Waals surface area contributed by atoms with Gasteiger partial charge in [-0.1, -0.05) is 64.1 Å². The van der Waals surface area contributed by atoms with E-state index in [1.54, 1.807) is 24.3 Å². The molecule has 0 heterocycles. The molecule has 0 fully saturated rings. The van der Waals surface area contributed by atoms with E-state index in [9.17, 15) is 14.2 Å². The van der Waals surface area contributed by atoms with Crippen LogP contribution in [0, 0.1) is 5.92 Å². The molecule has 2 unspecified atom stereocenters. The SMILES string of the molecule is [3H]OCCCC(C[B])OCP(=O)(C[C@@H](CC(=O)CCCCC)C(=O)CCCCC)Oc1ccccc1. The number of carbonyl (C=O) groups is 2. The molecule has 3 atom stereocenters. The minimum Gasteiger partial charge on any atom is -0.441 e. The van der Waals surface area contributed by atoms with Gasteiger partial charge < -0.3 is 14.4 Å². The van der Waals surface area contributed by atoms with Gasteiger partial charge in [-0.3, -0.25) is 14.2 Å². The molecular weight excluding hydrogens is 462 g/mol. The third kappa shape index (κ3) is 14.0. The molecule has 6 nitrogen and oxygen atoms in total. The van der Waals surface area contributed by atoms with Gasteiger partial charge >= 0.3 is 0 Å². The summed E-state index contributed by atoms with van der Waals surface area (Å²) in [5, 5.41) is 4.36. The number of Topliss-reactive ketones (excluding diaryl/α,β-unsaturated/α-hetero) is 2. The van der Waals surface area contributed by atoms with Gasteiger partial charge in [0.1, 0.15) is 23.7 Å². The third-order valence-corrected chi connectivity index (χ3v) is 8.05. The van der Waals surface area contributed by atoms with Crippen molar-refractivity contribution >= 4 is 26.8 Å². The molecule has 1 rings (SSSR count). The fraction of sp³-hybridized carbons (Fsp3) is 0.704. The summed E-state index contributed by atoms with van der Waals surface area (Å²) in [5.41, 5.74) is 0. The number of aliphatic hydroxyl groups is 1. The topological polar surface area (TPSA) is 89.9 Å². The summed E-state index contributed by atoms with van der Waals surface area (Å²) in [7, 11) is 2.33. The maximum absolute atomic E-state index is 14.1. The Morgan fingerprint density at radius 3 is 2.37 bits per heavy atom. The molecule has 0 saturated carbocycles. The van der Waals surface area contributed by atoms with Crippen LogP contribution in [0.1, 0.15) is 84.5 Å². The van der Waals surface area contributed by atoms with Gasteiger partial charge in [0.2, 0.25) is 1.43 Å². The highest BCUT2D eigenvalue weighted by Crippen LogP contribution is 2.50. The standard InChI is InChI=1S/C27H44BO6P/c1-3-5-8-13-24(30)19-23(27(31)17-9-6-4-2)21-35(32,34-25-14-10-7-11-15-25)22-33-26(20-28)16-12-18-29/h7,10-11,14-15,23,26,29H,3-6,8-9,12-13,16-22H2,1-2H3/t23-,26?,35?/m1/s1/i29T. The Bertz CT molecular complexity index is 779. The number of carbonyl (C=O) groups excluding carboxylic acids is 2. The molecule has 196 valence electrons. The van der Waals surface area contributed by atoms with Gasteiger partial charge in [0.25, 0.3) is 7.37 Å². The van der Waals surface area contributed by atoms with E-state index in [4.69, 9.17) is 18.5 Å². The Labute approximate surface area is 214 Å². The predicted molar refractivity (Wildman–Crippen MR) is 143 cm³/mol. The summed E-state index contributed by atoms with van der Waals surface area (Å²) in [4.78, 5) is 25.9. The molecule has 0 aliphatic carbocycles. The lowest BCUT2D eigenvalue weighted by molar-refractivity contribution is -0.127. The summed E-state index contributed by atoms with van der Waals surface area (Å²) in [5.74, 6) is -0.239. The monoisotopic (exact) mass is 508 g/mol. The number of benzene rings is 1. The molecule has 0 aromatic heterocycles. The van der Waals surface area contributed by atoms with Crippen molar-refractivity contribution in [2.75, 3.05) is 19.1 Å². The number of aliphatic hydroxyl groups excluding tert-OH is 1. The zero-order valence-electron chi connectivity index (χ0n) is 22.6. The van der Waals surface area contributed by atoms with Crippen LogP contribution in [0.15, 0.2) is 30.3 Å². The van der Waals surface area contributed by atoms with E-state index >= 15 is 0 Å². The number of ketones is 2. The molecule has 35 heavy (non-hydrogen) atoms. The van der Waals surface area contributed by atoms with Gasteiger partial charge in [-0.05, 0) is 37.8 Å². The van der Waals surface area contributed by atoms with E-state index < -0.39 is 13.3 Å². The van der Waals surface area contributed by atoms with Crippen LogP contribution >= 0.6 is 7.37 Å². The first-order chi connectivity index (χ1) is 17.4. The van der Waals surface area contributed by atoms with E-state index in [0.717, 1.165) is 38.5 Å². The van der Waals surface area contributed by atoms with Crippen molar-refractivity contribution in [2.45, 2.75) is 96.9 Å². The molecule has 0 aliphatic heterocycles. The lowest BCUT2D eigenvalue weighted by Crippen LogP contribution is -2.25. The molecule has 0 spiro atoms. The van der Waals surface area contributed by atoms with Gasteiger partial charge in [0.05, 0.1) is 14.0 Å². The molecule has 8 heteroatoms. The van der Waals surface area contributed by atoms with Crippen LogP contribution in [0.2, 0.25) is 6.32 Å². The van der Waals surface area contributed by atoms with E-state index in [0.29, 0.717) is 31.4 Å². The second-order valence-corrected chi connectivity index (χ2v) is 11.7. The van der Waals surface area contributed by atoms with E-state index in [1.807, 2.05) is 6.07 Å². The van der Waals surface area contributed by atoms with Crippen molar-refractivity contribution in [1.29, 1.82) is 1.43 Å². The van der Waals surface area contributed by atoms with Crippen LogP contribution in [0.3, 0.4) is 0 Å². The average Bonchev–Trinajstić information content (AvgIpc) is 2.86. The van der Waals surface area contributed by atoms with Crippen molar-refractivity contribution in [3.8, 4) is 5.75 Å². The average molecular weight is 508 g/mol. The highest BCUT2D eigenvalue weighted by molar-refractivity contribution is 7.59. The van der Waals surface area contributed by atoms with Crippen molar-refractivity contribution in [3.05, 3.63) is 30.3 Å². The summed E-state index contributed by atoms with van der Waals surface area (Å²) >= 11 is 0. The smallest absolute Gasteiger partial charge is 0.273 e. The fourth-order valence-electron chi connectivity index (χ4n) is 3.91. The number of rotatable bonds is 23. The normalized spacial score (nSPS) is 15.1. The van der Waals surface area contributed by atoms with Crippen molar-refractivity contribution in [1.82, 2.24) is 0 Å². The Morgan fingerprint density at radius 1 is 1.06 bits per heavy atom. The zero-order valence-corrected chi connectivity index (χ0v) is 22.5. The molecule has 0 bridgehead atoms. The Morgan fingerprint density at radius 2 is 1.74 bits per heavy atom. The van der Waals surface area contributed by atoms with E-state index in [1.165, 1.54) is 0 Å². The number of hydrogen-bond acceptors (Lipinski definition) is 6. The highest BCUT2D eigenvalue weighted by Gasteiger charge is 2.34. The first-order valence-corrected chi connectivity index (χ1v) is 15.1. The lowest BCUT2D eigenvalue weighted by atomic mass is 9.94. The van der Waals surface area contributed by atoms with Crippen molar-refractivity contribution in [2.24, 2.45) is 5.92 Å². The summed E-state index contributed by atoms with van der Waals surface area (Å²) in [6.07, 6.45) is 7.08. The molecule has 1 aromatic carbocycles.